The lowest BCUT2D eigenvalue weighted by molar-refractivity contribution is -0.123. The SMILES string of the molecule is CC1(C)Cc2cccc(OCCNC(=O)COc3ccc(CC(N)=O)cc3)c2O1. The number of hydrogen-bond donors (Lipinski definition) is 2. The molecule has 2 aromatic rings. The number of fused-ring (bicyclic) bond motifs is 1. The summed E-state index contributed by atoms with van der Waals surface area (Å²) in [4.78, 5) is 22.8. The van der Waals surface area contributed by atoms with Crippen LogP contribution in [-0.2, 0) is 22.4 Å². The standard InChI is InChI=1S/C22H26N2O5/c1-22(2)13-16-4-3-5-18(21(16)29-22)27-11-10-24-20(26)14-28-17-8-6-15(7-9-17)12-19(23)25/h3-9H,10-14H2,1-2H3,(H2,23,25)(H,24,26). The van der Waals surface area contributed by atoms with Crippen LogP contribution >= 0.6 is 0 Å². The summed E-state index contributed by atoms with van der Waals surface area (Å²) in [6.07, 6.45) is 1.02. The van der Waals surface area contributed by atoms with Gasteiger partial charge in [0.25, 0.3) is 5.91 Å². The van der Waals surface area contributed by atoms with Crippen LogP contribution in [0.1, 0.15) is 25.0 Å². The van der Waals surface area contributed by atoms with Crippen LogP contribution in [0.15, 0.2) is 42.5 Å². The highest BCUT2D eigenvalue weighted by Crippen LogP contribution is 2.41. The summed E-state index contributed by atoms with van der Waals surface area (Å²) in [6, 6.07) is 12.7. The smallest absolute Gasteiger partial charge is 0.258 e. The number of primary amides is 1. The van der Waals surface area contributed by atoms with Gasteiger partial charge in [0, 0.05) is 12.0 Å². The van der Waals surface area contributed by atoms with Crippen molar-refractivity contribution in [3.63, 3.8) is 0 Å². The molecule has 0 saturated heterocycles. The monoisotopic (exact) mass is 398 g/mol. The summed E-state index contributed by atoms with van der Waals surface area (Å²) in [6.45, 7) is 4.67. The summed E-state index contributed by atoms with van der Waals surface area (Å²) in [5.74, 6) is 1.38. The van der Waals surface area contributed by atoms with Gasteiger partial charge in [-0.1, -0.05) is 24.3 Å². The molecule has 7 heteroatoms. The minimum absolute atomic E-state index is 0.104. The molecule has 7 nitrogen and oxygen atoms in total. The first-order chi connectivity index (χ1) is 13.8. The van der Waals surface area contributed by atoms with Gasteiger partial charge in [0.2, 0.25) is 5.91 Å². The first kappa shape index (κ1) is 20.5. The number of hydrogen-bond acceptors (Lipinski definition) is 5. The van der Waals surface area contributed by atoms with Gasteiger partial charge in [0.1, 0.15) is 18.0 Å². The van der Waals surface area contributed by atoms with Gasteiger partial charge in [-0.05, 0) is 37.6 Å². The fourth-order valence-corrected chi connectivity index (χ4v) is 3.16. The molecule has 3 rings (SSSR count). The molecule has 0 spiro atoms. The van der Waals surface area contributed by atoms with E-state index in [9.17, 15) is 9.59 Å². The van der Waals surface area contributed by atoms with Crippen molar-refractivity contribution in [1.82, 2.24) is 5.32 Å². The van der Waals surface area contributed by atoms with E-state index in [1.165, 1.54) is 0 Å². The van der Waals surface area contributed by atoms with Crippen LogP contribution in [0.2, 0.25) is 0 Å². The Morgan fingerprint density at radius 3 is 2.62 bits per heavy atom. The highest BCUT2D eigenvalue weighted by molar-refractivity contribution is 5.77. The highest BCUT2D eigenvalue weighted by Gasteiger charge is 2.32. The van der Waals surface area contributed by atoms with Crippen molar-refractivity contribution in [3.8, 4) is 17.2 Å². The average Bonchev–Trinajstić information content (AvgIpc) is 2.99. The van der Waals surface area contributed by atoms with E-state index in [4.69, 9.17) is 19.9 Å². The number of ether oxygens (including phenoxy) is 3. The zero-order chi connectivity index (χ0) is 20.9. The van der Waals surface area contributed by atoms with Crippen molar-refractivity contribution in [2.75, 3.05) is 19.8 Å². The predicted octanol–water partition coefficient (Wildman–Crippen LogP) is 2.00. The number of rotatable bonds is 9. The van der Waals surface area contributed by atoms with Crippen molar-refractivity contribution in [1.29, 1.82) is 0 Å². The minimum atomic E-state index is -0.393. The van der Waals surface area contributed by atoms with Crippen molar-refractivity contribution in [2.24, 2.45) is 5.73 Å². The van der Waals surface area contributed by atoms with Crippen LogP contribution in [-0.4, -0.2) is 37.2 Å². The lowest BCUT2D eigenvalue weighted by Crippen LogP contribution is -2.32. The van der Waals surface area contributed by atoms with Gasteiger partial charge in [-0.25, -0.2) is 0 Å². The normalized spacial score (nSPS) is 13.9. The zero-order valence-electron chi connectivity index (χ0n) is 16.7. The molecule has 2 aromatic carbocycles. The third-order valence-corrected chi connectivity index (χ3v) is 4.41. The topological polar surface area (TPSA) is 99.9 Å². The number of nitrogens with two attached hydrogens (primary N) is 1. The van der Waals surface area contributed by atoms with E-state index in [1.54, 1.807) is 24.3 Å². The molecule has 3 N–H and O–H groups in total. The number of nitrogens with one attached hydrogen (secondary N) is 1. The molecule has 0 aliphatic carbocycles. The van der Waals surface area contributed by atoms with Gasteiger partial charge in [0.05, 0.1) is 13.0 Å². The van der Waals surface area contributed by atoms with E-state index in [2.05, 4.69) is 5.32 Å². The number of carbonyl (C=O) groups excluding carboxylic acids is 2. The first-order valence-electron chi connectivity index (χ1n) is 9.53. The molecule has 0 unspecified atom stereocenters. The van der Waals surface area contributed by atoms with E-state index in [0.717, 1.165) is 23.3 Å². The van der Waals surface area contributed by atoms with E-state index in [1.807, 2.05) is 32.0 Å². The molecule has 1 aliphatic heterocycles. The summed E-state index contributed by atoms with van der Waals surface area (Å²) in [5.41, 5.74) is 6.85. The van der Waals surface area contributed by atoms with Crippen molar-refractivity contribution >= 4 is 11.8 Å². The predicted molar refractivity (Wildman–Crippen MR) is 108 cm³/mol. The molecule has 29 heavy (non-hydrogen) atoms. The quantitative estimate of drug-likeness (QED) is 0.630. The molecule has 154 valence electrons. The maximum Gasteiger partial charge on any atom is 0.258 e. The average molecular weight is 398 g/mol. The van der Waals surface area contributed by atoms with Gasteiger partial charge in [0.15, 0.2) is 18.1 Å². The Bertz CT molecular complexity index is 877. The van der Waals surface area contributed by atoms with Crippen molar-refractivity contribution < 1.29 is 23.8 Å². The lowest BCUT2D eigenvalue weighted by Gasteiger charge is -2.18. The largest absolute Gasteiger partial charge is 0.488 e. The van der Waals surface area contributed by atoms with Crippen LogP contribution in [0.4, 0.5) is 0 Å². The van der Waals surface area contributed by atoms with Crippen LogP contribution in [0.3, 0.4) is 0 Å². The number of amides is 2. The van der Waals surface area contributed by atoms with Gasteiger partial charge < -0.3 is 25.3 Å². The highest BCUT2D eigenvalue weighted by atomic mass is 16.5. The van der Waals surface area contributed by atoms with Gasteiger partial charge in [-0.3, -0.25) is 9.59 Å². The van der Waals surface area contributed by atoms with E-state index >= 15 is 0 Å². The molecule has 1 heterocycles. The van der Waals surface area contributed by atoms with E-state index < -0.39 is 5.91 Å². The van der Waals surface area contributed by atoms with Gasteiger partial charge >= 0.3 is 0 Å². The maximum atomic E-state index is 11.9. The number of carbonyl (C=O) groups is 2. The molecular formula is C22H26N2O5. The van der Waals surface area contributed by atoms with Gasteiger partial charge in [-0.2, -0.15) is 0 Å². The second-order valence-electron chi connectivity index (χ2n) is 7.56. The van der Waals surface area contributed by atoms with Gasteiger partial charge in [-0.15, -0.1) is 0 Å². The maximum absolute atomic E-state index is 11.9. The molecule has 0 saturated carbocycles. The summed E-state index contributed by atoms with van der Waals surface area (Å²) >= 11 is 0. The Hall–Kier alpha value is -3.22. The molecule has 2 amide bonds. The fraction of sp³-hybridized carbons (Fsp3) is 0.364. The third-order valence-electron chi connectivity index (χ3n) is 4.41. The van der Waals surface area contributed by atoms with Crippen LogP contribution < -0.4 is 25.3 Å². The Labute approximate surface area is 170 Å². The summed E-state index contributed by atoms with van der Waals surface area (Å²) < 4.78 is 17.2. The molecular weight excluding hydrogens is 372 g/mol. The second-order valence-corrected chi connectivity index (χ2v) is 7.56. The zero-order valence-corrected chi connectivity index (χ0v) is 16.7. The Morgan fingerprint density at radius 2 is 1.90 bits per heavy atom. The van der Waals surface area contributed by atoms with Crippen molar-refractivity contribution in [2.45, 2.75) is 32.3 Å². The first-order valence-corrected chi connectivity index (χ1v) is 9.53. The Balaban J connectivity index is 1.38. The van der Waals surface area contributed by atoms with E-state index in [0.29, 0.717) is 24.7 Å². The Morgan fingerprint density at radius 1 is 1.14 bits per heavy atom. The summed E-state index contributed by atoms with van der Waals surface area (Å²) in [5, 5.41) is 2.75. The Kier molecular flexibility index (Phi) is 6.26. The van der Waals surface area contributed by atoms with Crippen LogP contribution in [0, 0.1) is 0 Å². The van der Waals surface area contributed by atoms with Crippen LogP contribution in [0.25, 0.3) is 0 Å². The van der Waals surface area contributed by atoms with E-state index in [-0.39, 0.29) is 24.5 Å². The number of benzene rings is 2. The molecule has 0 atom stereocenters. The third kappa shape index (κ3) is 5.88. The number of para-hydroxylation sites is 1. The molecule has 0 aromatic heterocycles. The second kappa shape index (κ2) is 8.86. The molecule has 0 radical (unpaired) electrons. The molecule has 0 fully saturated rings. The molecule has 0 bridgehead atoms. The minimum Gasteiger partial charge on any atom is -0.488 e. The molecule has 1 aliphatic rings. The fourth-order valence-electron chi connectivity index (χ4n) is 3.16. The summed E-state index contributed by atoms with van der Waals surface area (Å²) in [7, 11) is 0. The van der Waals surface area contributed by atoms with Crippen molar-refractivity contribution in [3.05, 3.63) is 53.6 Å². The lowest BCUT2D eigenvalue weighted by atomic mass is 10.0. The van der Waals surface area contributed by atoms with Crippen LogP contribution in [0.5, 0.6) is 17.2 Å².